The number of piperidine rings is 1. The van der Waals surface area contributed by atoms with E-state index >= 15 is 0 Å². The van der Waals surface area contributed by atoms with Crippen molar-refractivity contribution in [1.29, 1.82) is 0 Å². The second kappa shape index (κ2) is 5.59. The number of aromatic amines is 1. The van der Waals surface area contributed by atoms with E-state index in [2.05, 4.69) is 39.0 Å². The fourth-order valence-electron chi connectivity index (χ4n) is 6.08. The Morgan fingerprint density at radius 3 is 2.65 bits per heavy atom. The molecule has 1 N–H and O–H groups in total. The highest BCUT2D eigenvalue weighted by Gasteiger charge is 2.60. The molecule has 2 aromatic rings. The largest absolute Gasteiger partial charge is 0.357 e. The molecule has 136 valence electrons. The van der Waals surface area contributed by atoms with Crippen LogP contribution in [0, 0.1) is 17.8 Å². The molecular weight excluding hydrogens is 322 g/mol. The number of benzene rings is 1. The molecule has 1 unspecified atom stereocenters. The summed E-state index contributed by atoms with van der Waals surface area (Å²) in [6, 6.07) is 9.35. The zero-order valence-electron chi connectivity index (χ0n) is 15.3. The Labute approximate surface area is 154 Å². The maximum atomic E-state index is 13.1. The molecule has 3 fully saturated rings. The van der Waals surface area contributed by atoms with Gasteiger partial charge in [0, 0.05) is 48.2 Å². The van der Waals surface area contributed by atoms with Crippen LogP contribution < -0.4 is 0 Å². The van der Waals surface area contributed by atoms with Crippen molar-refractivity contribution < 1.29 is 4.79 Å². The Balaban J connectivity index is 1.14. The highest BCUT2D eigenvalue weighted by atomic mass is 16.2. The van der Waals surface area contributed by atoms with E-state index in [9.17, 15) is 4.79 Å². The quantitative estimate of drug-likeness (QED) is 0.904. The van der Waals surface area contributed by atoms with Crippen LogP contribution in [-0.4, -0.2) is 46.4 Å². The summed E-state index contributed by atoms with van der Waals surface area (Å²) in [4.78, 5) is 21.5. The first kappa shape index (κ1) is 15.3. The summed E-state index contributed by atoms with van der Waals surface area (Å²) in [6.07, 6.45) is 6.56. The number of hydrogen-bond donors (Lipinski definition) is 1. The Morgan fingerprint density at radius 1 is 1.08 bits per heavy atom. The van der Waals surface area contributed by atoms with E-state index in [1.807, 2.05) is 0 Å². The summed E-state index contributed by atoms with van der Waals surface area (Å²) in [5.41, 5.74) is 3.89. The number of amides is 1. The Bertz CT molecular complexity index is 853. The molecule has 0 spiro atoms. The van der Waals surface area contributed by atoms with Crippen LogP contribution in [0.1, 0.15) is 36.9 Å². The van der Waals surface area contributed by atoms with Crippen LogP contribution in [-0.2, 0) is 17.8 Å². The normalized spacial score (nSPS) is 31.4. The van der Waals surface area contributed by atoms with Gasteiger partial charge in [-0.2, -0.15) is 0 Å². The van der Waals surface area contributed by atoms with Crippen LogP contribution in [0.15, 0.2) is 24.3 Å². The van der Waals surface area contributed by atoms with Crippen LogP contribution in [0.2, 0.25) is 0 Å². The number of hydrogen-bond acceptors (Lipinski definition) is 2. The molecule has 2 aliphatic carbocycles. The van der Waals surface area contributed by atoms with Crippen LogP contribution in [0.4, 0.5) is 0 Å². The summed E-state index contributed by atoms with van der Waals surface area (Å²) < 4.78 is 0. The van der Waals surface area contributed by atoms with Gasteiger partial charge in [0.25, 0.3) is 0 Å². The lowest BCUT2D eigenvalue weighted by Gasteiger charge is -2.30. The van der Waals surface area contributed by atoms with Crippen molar-refractivity contribution in [3.8, 4) is 0 Å². The SMILES string of the molecule is O=C(C1[C@H]2CN(C3CCCC3)C[C@@H]12)N1CCc2c([nH]c3ccccc23)C1. The van der Waals surface area contributed by atoms with Crippen molar-refractivity contribution >= 4 is 16.8 Å². The van der Waals surface area contributed by atoms with Crippen molar-refractivity contribution in [3.05, 3.63) is 35.5 Å². The maximum absolute atomic E-state index is 13.1. The summed E-state index contributed by atoms with van der Waals surface area (Å²) >= 11 is 0. The van der Waals surface area contributed by atoms with E-state index in [1.54, 1.807) is 0 Å². The number of carbonyl (C=O) groups is 1. The molecule has 0 bridgehead atoms. The first-order valence-electron chi connectivity index (χ1n) is 10.4. The number of nitrogens with zero attached hydrogens (tertiary/aromatic N) is 2. The van der Waals surface area contributed by atoms with E-state index in [0.717, 1.165) is 25.6 Å². The molecule has 2 aliphatic heterocycles. The number of likely N-dealkylation sites (tertiary alicyclic amines) is 1. The fourth-order valence-corrected chi connectivity index (χ4v) is 6.08. The van der Waals surface area contributed by atoms with Gasteiger partial charge in [0.15, 0.2) is 0 Å². The molecule has 3 atom stereocenters. The lowest BCUT2D eigenvalue weighted by atomic mass is 10.0. The van der Waals surface area contributed by atoms with Crippen LogP contribution in [0.3, 0.4) is 0 Å². The fraction of sp³-hybridized carbons (Fsp3) is 0.591. The molecule has 0 radical (unpaired) electrons. The van der Waals surface area contributed by atoms with Gasteiger partial charge in [-0.05, 0) is 42.7 Å². The molecule has 2 saturated carbocycles. The minimum Gasteiger partial charge on any atom is -0.357 e. The van der Waals surface area contributed by atoms with Crippen LogP contribution in [0.5, 0.6) is 0 Å². The Kier molecular flexibility index (Phi) is 3.28. The van der Waals surface area contributed by atoms with Gasteiger partial charge in [-0.15, -0.1) is 0 Å². The number of H-pyrrole nitrogens is 1. The van der Waals surface area contributed by atoms with Gasteiger partial charge >= 0.3 is 0 Å². The van der Waals surface area contributed by atoms with Crippen molar-refractivity contribution in [2.75, 3.05) is 19.6 Å². The zero-order valence-corrected chi connectivity index (χ0v) is 15.3. The third-order valence-corrected chi connectivity index (χ3v) is 7.54. The van der Waals surface area contributed by atoms with Gasteiger partial charge < -0.3 is 9.88 Å². The standard InChI is InChI=1S/C22H27N3O/c26-22(21-17-11-25(12-18(17)21)14-5-1-2-6-14)24-10-9-16-15-7-3-4-8-19(15)23-20(16)13-24/h3-4,7-8,14,17-18,21,23H,1-2,5-6,9-13H2/t17-,18+,21?. The van der Waals surface area contributed by atoms with Gasteiger partial charge in [-0.25, -0.2) is 0 Å². The predicted molar refractivity (Wildman–Crippen MR) is 102 cm³/mol. The lowest BCUT2D eigenvalue weighted by molar-refractivity contribution is -0.134. The predicted octanol–water partition coefficient (Wildman–Crippen LogP) is 3.17. The molecule has 3 heterocycles. The Morgan fingerprint density at radius 2 is 1.85 bits per heavy atom. The second-order valence-corrected chi connectivity index (χ2v) is 8.88. The zero-order chi connectivity index (χ0) is 17.3. The summed E-state index contributed by atoms with van der Waals surface area (Å²) in [5, 5.41) is 1.34. The number of nitrogens with one attached hydrogen (secondary N) is 1. The molecular formula is C22H27N3O. The molecule has 1 amide bonds. The molecule has 6 rings (SSSR count). The second-order valence-electron chi connectivity index (χ2n) is 8.88. The van der Waals surface area contributed by atoms with E-state index in [4.69, 9.17) is 0 Å². The van der Waals surface area contributed by atoms with Gasteiger partial charge in [0.2, 0.25) is 5.91 Å². The summed E-state index contributed by atoms with van der Waals surface area (Å²) in [5.74, 6) is 2.04. The molecule has 1 saturated heterocycles. The van der Waals surface area contributed by atoms with Crippen molar-refractivity contribution in [2.45, 2.75) is 44.7 Å². The summed E-state index contributed by atoms with van der Waals surface area (Å²) in [7, 11) is 0. The minimum atomic E-state index is 0.318. The number of fused-ring (bicyclic) bond motifs is 4. The van der Waals surface area contributed by atoms with Crippen molar-refractivity contribution in [1.82, 2.24) is 14.8 Å². The minimum absolute atomic E-state index is 0.318. The first-order chi connectivity index (χ1) is 12.8. The van der Waals surface area contributed by atoms with Crippen LogP contribution >= 0.6 is 0 Å². The number of aromatic nitrogens is 1. The van der Waals surface area contributed by atoms with Crippen molar-refractivity contribution in [2.24, 2.45) is 17.8 Å². The smallest absolute Gasteiger partial charge is 0.226 e. The summed E-state index contributed by atoms with van der Waals surface area (Å²) in [6.45, 7) is 4.01. The van der Waals surface area contributed by atoms with E-state index in [-0.39, 0.29) is 0 Å². The molecule has 4 aliphatic rings. The molecule has 1 aromatic carbocycles. The molecule has 1 aromatic heterocycles. The highest BCUT2D eigenvalue weighted by Crippen LogP contribution is 2.54. The van der Waals surface area contributed by atoms with Gasteiger partial charge in [-0.1, -0.05) is 31.0 Å². The maximum Gasteiger partial charge on any atom is 0.226 e. The molecule has 4 nitrogen and oxygen atoms in total. The van der Waals surface area contributed by atoms with Crippen molar-refractivity contribution in [3.63, 3.8) is 0 Å². The number of carbonyl (C=O) groups excluding carboxylic acids is 1. The third kappa shape index (κ3) is 2.21. The Hall–Kier alpha value is -1.81. The van der Waals surface area contributed by atoms with Crippen LogP contribution in [0.25, 0.3) is 10.9 Å². The number of rotatable bonds is 2. The first-order valence-corrected chi connectivity index (χ1v) is 10.4. The van der Waals surface area contributed by atoms with Gasteiger partial charge in [0.05, 0.1) is 6.54 Å². The van der Waals surface area contributed by atoms with E-state index in [0.29, 0.717) is 23.7 Å². The lowest BCUT2D eigenvalue weighted by Crippen LogP contribution is -2.40. The van der Waals surface area contributed by atoms with E-state index in [1.165, 1.54) is 60.9 Å². The average Bonchev–Trinajstić information content (AvgIpc) is 3.16. The van der Waals surface area contributed by atoms with Gasteiger partial charge in [-0.3, -0.25) is 9.69 Å². The molecule has 4 heteroatoms. The van der Waals surface area contributed by atoms with Gasteiger partial charge in [0.1, 0.15) is 0 Å². The monoisotopic (exact) mass is 349 g/mol. The average molecular weight is 349 g/mol. The van der Waals surface area contributed by atoms with E-state index < -0.39 is 0 Å². The number of para-hydroxylation sites is 1. The topological polar surface area (TPSA) is 39.3 Å². The molecule has 26 heavy (non-hydrogen) atoms. The highest BCUT2D eigenvalue weighted by molar-refractivity contribution is 5.87. The third-order valence-electron chi connectivity index (χ3n) is 7.54.